The van der Waals surface area contributed by atoms with Crippen LogP contribution in [0.3, 0.4) is 0 Å². The number of esters is 1. The van der Waals surface area contributed by atoms with Gasteiger partial charge in [0.25, 0.3) is 0 Å². The van der Waals surface area contributed by atoms with Crippen molar-refractivity contribution in [3.63, 3.8) is 0 Å². The van der Waals surface area contributed by atoms with Crippen LogP contribution in [0.25, 0.3) is 0 Å². The Balaban J connectivity index is 2.22. The predicted octanol–water partition coefficient (Wildman–Crippen LogP) is 2.53. The summed E-state index contributed by atoms with van der Waals surface area (Å²) < 4.78 is 29.7. The Hall–Kier alpha value is -2.58. The number of carbonyl (C=O) groups excluding carboxylic acids is 2. The minimum absolute atomic E-state index is 0.245. The molecule has 0 heterocycles. The number of rotatable bonds is 6. The zero-order chi connectivity index (χ0) is 19.3. The Bertz CT molecular complexity index is 913. The third kappa shape index (κ3) is 4.96. The molecular weight excluding hydrogens is 380 g/mol. The van der Waals surface area contributed by atoms with Gasteiger partial charge in [0, 0.05) is 0 Å². The van der Waals surface area contributed by atoms with E-state index in [-0.39, 0.29) is 11.3 Å². The van der Waals surface area contributed by atoms with Crippen LogP contribution in [0.15, 0.2) is 48.5 Å². The Kier molecular flexibility index (Phi) is 6.23. The molecule has 0 fully saturated rings. The van der Waals surface area contributed by atoms with Crippen molar-refractivity contribution in [3.8, 4) is 0 Å². The predicted molar refractivity (Wildman–Crippen MR) is 100 cm³/mol. The van der Waals surface area contributed by atoms with Gasteiger partial charge in [-0.05, 0) is 36.4 Å². The Morgan fingerprint density at radius 1 is 1.12 bits per heavy atom. The molecule has 138 valence electrons. The number of hydrogen-bond acceptors (Lipinski definition) is 5. The topological polar surface area (TPSA) is 92.8 Å². The molecule has 0 radical (unpaired) electrons. The van der Waals surface area contributed by atoms with Gasteiger partial charge in [-0.2, -0.15) is 0 Å². The molecule has 0 aliphatic rings. The van der Waals surface area contributed by atoms with Crippen molar-refractivity contribution in [2.45, 2.75) is 0 Å². The fourth-order valence-corrected chi connectivity index (χ4v) is 3.20. The van der Waals surface area contributed by atoms with Crippen molar-refractivity contribution in [1.82, 2.24) is 0 Å². The van der Waals surface area contributed by atoms with Gasteiger partial charge >= 0.3 is 5.97 Å². The molecule has 0 spiro atoms. The zero-order valence-corrected chi connectivity index (χ0v) is 15.7. The molecule has 0 atom stereocenters. The van der Waals surface area contributed by atoms with E-state index in [1.807, 2.05) is 0 Å². The first-order valence-corrected chi connectivity index (χ1v) is 9.65. The molecule has 9 heteroatoms. The van der Waals surface area contributed by atoms with E-state index in [2.05, 4.69) is 10.1 Å². The molecule has 2 aromatic rings. The van der Waals surface area contributed by atoms with Gasteiger partial charge in [-0.25, -0.2) is 13.2 Å². The molecule has 0 saturated carbocycles. The first-order chi connectivity index (χ1) is 12.2. The summed E-state index contributed by atoms with van der Waals surface area (Å²) in [6.07, 6.45) is 0.990. The van der Waals surface area contributed by atoms with Crippen molar-refractivity contribution < 1.29 is 22.7 Å². The number of benzene rings is 2. The van der Waals surface area contributed by atoms with Crippen LogP contribution < -0.4 is 9.62 Å². The van der Waals surface area contributed by atoms with E-state index in [1.165, 1.54) is 31.4 Å². The minimum atomic E-state index is -3.73. The summed E-state index contributed by atoms with van der Waals surface area (Å²) in [7, 11) is -2.48. The Labute approximate surface area is 156 Å². The Morgan fingerprint density at radius 3 is 2.27 bits per heavy atom. The van der Waals surface area contributed by atoms with Crippen molar-refractivity contribution >= 4 is 44.9 Å². The van der Waals surface area contributed by atoms with Crippen molar-refractivity contribution in [2.24, 2.45) is 0 Å². The van der Waals surface area contributed by atoms with Gasteiger partial charge in [-0.1, -0.05) is 23.7 Å². The molecule has 0 unspecified atom stereocenters. The number of hydrogen-bond donors (Lipinski definition) is 1. The van der Waals surface area contributed by atoms with Gasteiger partial charge in [0.05, 0.1) is 35.3 Å². The average Bonchev–Trinajstić information content (AvgIpc) is 2.60. The number of amides is 1. The number of methoxy groups -OCH3 is 1. The maximum atomic E-state index is 12.3. The van der Waals surface area contributed by atoms with E-state index in [9.17, 15) is 18.0 Å². The number of nitrogens with zero attached hydrogens (tertiary/aromatic N) is 1. The van der Waals surface area contributed by atoms with Gasteiger partial charge in [-0.3, -0.25) is 9.10 Å². The fourth-order valence-electron chi connectivity index (χ4n) is 2.16. The van der Waals surface area contributed by atoms with Crippen LogP contribution >= 0.6 is 11.6 Å². The van der Waals surface area contributed by atoms with Crippen LogP contribution in [-0.4, -0.2) is 40.2 Å². The monoisotopic (exact) mass is 396 g/mol. The number of nitrogens with one attached hydrogen (secondary N) is 1. The van der Waals surface area contributed by atoms with E-state index in [0.717, 1.165) is 10.6 Å². The van der Waals surface area contributed by atoms with E-state index in [0.29, 0.717) is 10.7 Å². The fraction of sp³-hybridized carbons (Fsp3) is 0.176. The second-order valence-electron chi connectivity index (χ2n) is 5.34. The molecule has 0 aliphatic heterocycles. The summed E-state index contributed by atoms with van der Waals surface area (Å²) in [5.41, 5.74) is 0.897. The van der Waals surface area contributed by atoms with Gasteiger partial charge < -0.3 is 10.1 Å². The van der Waals surface area contributed by atoms with E-state index in [1.54, 1.807) is 24.3 Å². The second kappa shape index (κ2) is 8.20. The van der Waals surface area contributed by atoms with Crippen LogP contribution in [-0.2, 0) is 19.6 Å². The molecule has 1 amide bonds. The molecule has 0 aliphatic carbocycles. The lowest BCUT2D eigenvalue weighted by Gasteiger charge is -2.22. The molecule has 0 aromatic heterocycles. The summed E-state index contributed by atoms with van der Waals surface area (Å²) in [5, 5.41) is 2.91. The van der Waals surface area contributed by atoms with Crippen LogP contribution in [0.5, 0.6) is 0 Å². The number of ether oxygens (including phenoxy) is 1. The van der Waals surface area contributed by atoms with Crippen molar-refractivity contribution in [3.05, 3.63) is 59.1 Å². The maximum Gasteiger partial charge on any atom is 0.337 e. The van der Waals surface area contributed by atoms with Crippen LogP contribution in [0.1, 0.15) is 10.4 Å². The van der Waals surface area contributed by atoms with E-state index in [4.69, 9.17) is 11.6 Å². The normalized spacial score (nSPS) is 10.9. The van der Waals surface area contributed by atoms with Gasteiger partial charge in [0.2, 0.25) is 15.9 Å². The van der Waals surface area contributed by atoms with Crippen LogP contribution in [0.4, 0.5) is 11.4 Å². The van der Waals surface area contributed by atoms with Crippen molar-refractivity contribution in [2.75, 3.05) is 29.5 Å². The highest BCUT2D eigenvalue weighted by Crippen LogP contribution is 2.22. The third-order valence-corrected chi connectivity index (χ3v) is 4.88. The zero-order valence-electron chi connectivity index (χ0n) is 14.1. The van der Waals surface area contributed by atoms with Crippen LogP contribution in [0, 0.1) is 0 Å². The highest BCUT2D eigenvalue weighted by atomic mass is 35.5. The smallest absolute Gasteiger partial charge is 0.337 e. The van der Waals surface area contributed by atoms with Gasteiger partial charge in [0.15, 0.2) is 0 Å². The first kappa shape index (κ1) is 19.7. The first-order valence-electron chi connectivity index (χ1n) is 7.43. The molecule has 0 saturated heterocycles. The number of para-hydroxylation sites is 1. The highest BCUT2D eigenvalue weighted by Gasteiger charge is 2.21. The largest absolute Gasteiger partial charge is 0.465 e. The number of sulfonamides is 1. The summed E-state index contributed by atoms with van der Waals surface area (Å²) in [5.74, 6) is -1.10. The molecule has 2 rings (SSSR count). The number of carbonyl (C=O) groups is 2. The number of anilines is 2. The van der Waals surface area contributed by atoms with Gasteiger partial charge in [-0.15, -0.1) is 0 Å². The molecular formula is C17H17ClN2O5S. The summed E-state index contributed by atoms with van der Waals surface area (Å²) in [6, 6.07) is 12.3. The molecule has 0 bridgehead atoms. The lowest BCUT2D eigenvalue weighted by molar-refractivity contribution is -0.114. The average molecular weight is 397 g/mol. The molecule has 7 nitrogen and oxygen atoms in total. The summed E-state index contributed by atoms with van der Waals surface area (Å²) in [4.78, 5) is 23.7. The molecule has 26 heavy (non-hydrogen) atoms. The lowest BCUT2D eigenvalue weighted by Crippen LogP contribution is -2.37. The van der Waals surface area contributed by atoms with Crippen molar-refractivity contribution in [1.29, 1.82) is 0 Å². The van der Waals surface area contributed by atoms with Crippen LogP contribution in [0.2, 0.25) is 5.02 Å². The third-order valence-electron chi connectivity index (χ3n) is 3.41. The number of halogens is 1. The minimum Gasteiger partial charge on any atom is -0.465 e. The van der Waals surface area contributed by atoms with E-state index < -0.39 is 28.4 Å². The molecule has 2 aromatic carbocycles. The highest BCUT2D eigenvalue weighted by molar-refractivity contribution is 7.92. The standard InChI is InChI=1S/C17H17ClN2O5S/c1-25-17(22)12-7-9-13(10-8-12)20(26(2,23)24)11-16(21)19-15-6-4-3-5-14(15)18/h3-10H,11H2,1-2H3,(H,19,21). The van der Waals surface area contributed by atoms with Gasteiger partial charge in [0.1, 0.15) is 6.54 Å². The molecule has 1 N–H and O–H groups in total. The SMILES string of the molecule is COC(=O)c1ccc(N(CC(=O)Nc2ccccc2Cl)S(C)(=O)=O)cc1. The summed E-state index contributed by atoms with van der Waals surface area (Å²) in [6.45, 7) is -0.443. The van der Waals surface area contributed by atoms with E-state index >= 15 is 0 Å². The summed E-state index contributed by atoms with van der Waals surface area (Å²) >= 11 is 5.98. The second-order valence-corrected chi connectivity index (χ2v) is 7.65. The maximum absolute atomic E-state index is 12.3. The Morgan fingerprint density at radius 2 is 1.73 bits per heavy atom. The lowest BCUT2D eigenvalue weighted by atomic mass is 10.2. The quantitative estimate of drug-likeness (QED) is 0.757.